The number of nitrogens with zero attached hydrogens (tertiary/aromatic N) is 1. The van der Waals surface area contributed by atoms with E-state index in [1.165, 1.54) is 0 Å². The van der Waals surface area contributed by atoms with Crippen LogP contribution < -0.4 is 0 Å². The second-order valence-electron chi connectivity index (χ2n) is 3.01. The maximum Gasteiger partial charge on any atom is 0.351 e. The van der Waals surface area contributed by atoms with Gasteiger partial charge in [0.1, 0.15) is 0 Å². The van der Waals surface area contributed by atoms with Crippen molar-refractivity contribution in [3.8, 4) is 0 Å². The van der Waals surface area contributed by atoms with Gasteiger partial charge in [-0.25, -0.2) is 0 Å². The fraction of sp³-hybridized carbons (Fsp3) is 1.00. The Hall–Kier alpha value is -0.220. The highest BCUT2D eigenvalue weighted by atomic mass is 32.3. The van der Waals surface area contributed by atoms with Gasteiger partial charge in [0.2, 0.25) is 0 Å². The van der Waals surface area contributed by atoms with E-state index in [0.717, 1.165) is 12.8 Å². The molecule has 0 aliphatic heterocycles. The first-order chi connectivity index (χ1) is 6.69. The van der Waals surface area contributed by atoms with Gasteiger partial charge in [0.15, 0.2) is 0 Å². The van der Waals surface area contributed by atoms with Gasteiger partial charge in [-0.05, 0) is 10.1 Å². The van der Waals surface area contributed by atoms with Crippen LogP contribution in [0.4, 0.5) is 0 Å². The normalized spacial score (nSPS) is 13.3. The molecule has 9 heteroatoms. The summed E-state index contributed by atoms with van der Waals surface area (Å²) in [7, 11) is -9.83. The molecular weight excluding hydrogens is 246 g/mol. The van der Waals surface area contributed by atoms with Crippen molar-refractivity contribution in [3.05, 3.63) is 0 Å². The average Bonchev–Trinajstić information content (AvgIpc) is 1.99. The Morgan fingerprint density at radius 1 is 0.933 bits per heavy atom. The molecule has 0 aromatic heterocycles. The Morgan fingerprint density at radius 3 is 1.73 bits per heavy atom. The third kappa shape index (κ3) is 6.05. The van der Waals surface area contributed by atoms with E-state index >= 15 is 0 Å². The highest BCUT2D eigenvalue weighted by Crippen LogP contribution is 2.08. The van der Waals surface area contributed by atoms with Crippen molar-refractivity contribution in [2.45, 2.75) is 32.6 Å². The van der Waals surface area contributed by atoms with E-state index in [-0.39, 0.29) is 10.1 Å². The van der Waals surface area contributed by atoms with Crippen LogP contribution in [0.3, 0.4) is 0 Å². The smallest absolute Gasteiger partial charge is 0.273 e. The zero-order valence-corrected chi connectivity index (χ0v) is 9.96. The van der Waals surface area contributed by atoms with Gasteiger partial charge in [-0.15, -0.1) is 0 Å². The second-order valence-corrected chi connectivity index (χ2v) is 5.92. The van der Waals surface area contributed by atoms with Crippen molar-refractivity contribution in [2.75, 3.05) is 6.54 Å². The minimum atomic E-state index is -4.91. The molecule has 0 unspecified atom stereocenters. The topological polar surface area (TPSA) is 112 Å². The Morgan fingerprint density at radius 2 is 1.40 bits per heavy atom. The quantitative estimate of drug-likeness (QED) is 0.509. The first-order valence-electron chi connectivity index (χ1n) is 4.42. The molecule has 0 fully saturated rings. The van der Waals surface area contributed by atoms with Crippen LogP contribution in [-0.2, 0) is 20.6 Å². The van der Waals surface area contributed by atoms with E-state index in [2.05, 4.69) is 0 Å². The lowest BCUT2D eigenvalue weighted by Gasteiger charge is -2.13. The molecule has 0 heterocycles. The summed E-state index contributed by atoms with van der Waals surface area (Å²) in [5.41, 5.74) is 0. The van der Waals surface area contributed by atoms with Crippen LogP contribution in [0.25, 0.3) is 0 Å². The first kappa shape index (κ1) is 14.8. The molecule has 15 heavy (non-hydrogen) atoms. The Balaban J connectivity index is 4.44. The van der Waals surface area contributed by atoms with Gasteiger partial charge < -0.3 is 0 Å². The molecule has 7 nitrogen and oxygen atoms in total. The van der Waals surface area contributed by atoms with Crippen LogP contribution >= 0.6 is 0 Å². The van der Waals surface area contributed by atoms with Crippen molar-refractivity contribution < 1.29 is 25.9 Å². The molecule has 0 saturated carbocycles. The fourth-order valence-corrected chi connectivity index (χ4v) is 2.69. The van der Waals surface area contributed by atoms with Gasteiger partial charge in [0, 0.05) is 6.54 Å². The fourth-order valence-electron chi connectivity index (χ4n) is 1.02. The lowest BCUT2D eigenvalue weighted by molar-refractivity contribution is 0.378. The SMILES string of the molecule is CCCCCCN(S(=O)(=O)O)S(=O)(=O)O. The highest BCUT2D eigenvalue weighted by molar-refractivity contribution is 7.98. The summed E-state index contributed by atoms with van der Waals surface area (Å²) in [6.45, 7) is 1.49. The Bertz CT molecular complexity index is 340. The van der Waals surface area contributed by atoms with Crippen molar-refractivity contribution in [1.82, 2.24) is 3.71 Å². The molecule has 0 rings (SSSR count). The van der Waals surface area contributed by atoms with Gasteiger partial charge in [0.05, 0.1) is 0 Å². The zero-order valence-electron chi connectivity index (χ0n) is 8.33. The van der Waals surface area contributed by atoms with Crippen molar-refractivity contribution in [1.29, 1.82) is 0 Å². The molecule has 92 valence electrons. The van der Waals surface area contributed by atoms with E-state index in [4.69, 9.17) is 9.11 Å². The van der Waals surface area contributed by atoms with Crippen molar-refractivity contribution >= 4 is 20.6 Å². The lowest BCUT2D eigenvalue weighted by atomic mass is 10.2. The maximum absolute atomic E-state index is 10.6. The molecular formula is C6H15NO6S2. The minimum absolute atomic E-state index is 0.257. The van der Waals surface area contributed by atoms with Crippen LogP contribution in [0.15, 0.2) is 0 Å². The number of rotatable bonds is 7. The zero-order chi connectivity index (χ0) is 12.1. The molecule has 0 aliphatic carbocycles. The molecule has 0 bridgehead atoms. The van der Waals surface area contributed by atoms with Crippen molar-refractivity contribution in [3.63, 3.8) is 0 Å². The predicted molar refractivity (Wildman–Crippen MR) is 53.9 cm³/mol. The third-order valence-corrected chi connectivity index (χ3v) is 4.23. The summed E-state index contributed by atoms with van der Waals surface area (Å²) < 4.78 is 59.1. The van der Waals surface area contributed by atoms with Crippen LogP contribution in [0.2, 0.25) is 0 Å². The highest BCUT2D eigenvalue weighted by Gasteiger charge is 2.30. The summed E-state index contributed by atoms with van der Waals surface area (Å²) in [6, 6.07) is 0. The summed E-state index contributed by atoms with van der Waals surface area (Å²) >= 11 is 0. The van der Waals surface area contributed by atoms with Gasteiger partial charge >= 0.3 is 20.6 Å². The summed E-state index contributed by atoms with van der Waals surface area (Å²) in [5.74, 6) is 0. The van der Waals surface area contributed by atoms with Gasteiger partial charge in [-0.1, -0.05) is 26.2 Å². The van der Waals surface area contributed by atoms with Gasteiger partial charge in [0.25, 0.3) is 0 Å². The van der Waals surface area contributed by atoms with Gasteiger partial charge in [-0.3, -0.25) is 9.11 Å². The molecule has 0 radical (unpaired) electrons. The molecule has 2 N–H and O–H groups in total. The summed E-state index contributed by atoms with van der Waals surface area (Å²) in [6.07, 6.45) is 2.61. The molecule has 0 saturated heterocycles. The van der Waals surface area contributed by atoms with Crippen LogP contribution in [0.5, 0.6) is 0 Å². The monoisotopic (exact) mass is 261 g/mol. The largest absolute Gasteiger partial charge is 0.351 e. The van der Waals surface area contributed by atoms with Gasteiger partial charge in [-0.2, -0.15) is 16.8 Å². The third-order valence-electron chi connectivity index (χ3n) is 1.71. The summed E-state index contributed by atoms with van der Waals surface area (Å²) in [5, 5.41) is 0. The average molecular weight is 261 g/mol. The van der Waals surface area contributed by atoms with E-state index in [1.807, 2.05) is 6.92 Å². The predicted octanol–water partition coefficient (Wildman–Crippen LogP) is 0.474. The first-order valence-corrected chi connectivity index (χ1v) is 7.21. The van der Waals surface area contributed by atoms with E-state index < -0.39 is 27.2 Å². The molecule has 0 amide bonds. The van der Waals surface area contributed by atoms with E-state index in [9.17, 15) is 16.8 Å². The molecule has 0 atom stereocenters. The molecule has 0 aromatic rings. The number of hydrogen-bond donors (Lipinski definition) is 2. The lowest BCUT2D eigenvalue weighted by Crippen LogP contribution is -2.36. The van der Waals surface area contributed by atoms with E-state index in [1.54, 1.807) is 0 Å². The number of hydrogen-bond acceptors (Lipinski definition) is 4. The summed E-state index contributed by atoms with van der Waals surface area (Å²) in [4.78, 5) is 0. The van der Waals surface area contributed by atoms with Crippen LogP contribution in [-0.4, -0.2) is 36.2 Å². The van der Waals surface area contributed by atoms with Crippen LogP contribution in [0, 0.1) is 0 Å². The standard InChI is InChI=1S/C6H15NO6S2/c1-2-3-4-5-6-7(14(8,9)10)15(11,12)13/h2-6H2,1H3,(H,8,9,10)(H,11,12,13). The van der Waals surface area contributed by atoms with Crippen molar-refractivity contribution in [2.24, 2.45) is 0 Å². The Kier molecular flexibility index (Phi) is 5.67. The Labute approximate surface area is 89.9 Å². The second kappa shape index (κ2) is 5.75. The molecule has 0 aliphatic rings. The van der Waals surface area contributed by atoms with Crippen LogP contribution in [0.1, 0.15) is 32.6 Å². The minimum Gasteiger partial charge on any atom is -0.273 e. The maximum atomic E-state index is 10.6. The molecule has 0 aromatic carbocycles. The molecule has 0 spiro atoms. The number of unbranched alkanes of at least 4 members (excludes halogenated alkanes) is 3. The van der Waals surface area contributed by atoms with E-state index in [0.29, 0.717) is 6.42 Å².